The van der Waals surface area contributed by atoms with E-state index in [4.69, 9.17) is 9.15 Å². The van der Waals surface area contributed by atoms with Crippen LogP contribution in [0.5, 0.6) is 5.75 Å². The van der Waals surface area contributed by atoms with Gasteiger partial charge in [0.25, 0.3) is 11.5 Å². The lowest BCUT2D eigenvalue weighted by Crippen LogP contribution is -2.42. The Bertz CT molecular complexity index is 1080. The number of halogens is 2. The highest BCUT2D eigenvalue weighted by Gasteiger charge is 2.50. The molecule has 6 nitrogen and oxygen atoms in total. The van der Waals surface area contributed by atoms with E-state index in [9.17, 15) is 13.6 Å². The van der Waals surface area contributed by atoms with Gasteiger partial charge in [0.15, 0.2) is 0 Å². The summed E-state index contributed by atoms with van der Waals surface area (Å²) in [5, 5.41) is 0.615. The van der Waals surface area contributed by atoms with Crippen LogP contribution in [0.2, 0.25) is 0 Å². The van der Waals surface area contributed by atoms with E-state index in [0.29, 0.717) is 22.2 Å². The molecule has 1 atom stereocenters. The normalized spacial score (nSPS) is 20.6. The van der Waals surface area contributed by atoms with Crippen LogP contribution < -0.4 is 10.3 Å². The molecule has 1 fully saturated rings. The third kappa shape index (κ3) is 2.97. The molecule has 8 heteroatoms. The largest absolute Gasteiger partial charge is 0.497 e. The van der Waals surface area contributed by atoms with E-state index >= 15 is 0 Å². The van der Waals surface area contributed by atoms with E-state index < -0.39 is 29.5 Å². The molecule has 0 aliphatic carbocycles. The van der Waals surface area contributed by atoms with Crippen molar-refractivity contribution < 1.29 is 17.9 Å². The number of hydrogen-bond donors (Lipinski definition) is 1. The van der Waals surface area contributed by atoms with Gasteiger partial charge in [-0.3, -0.25) is 9.69 Å². The van der Waals surface area contributed by atoms with Crippen LogP contribution in [-0.2, 0) is 0 Å². The van der Waals surface area contributed by atoms with Gasteiger partial charge in [-0.1, -0.05) is 0 Å². The summed E-state index contributed by atoms with van der Waals surface area (Å²) in [7, 11) is 1.54. The first-order valence-electron chi connectivity index (χ1n) is 8.74. The molecule has 3 heterocycles. The number of H-pyrrole nitrogens is 1. The molecule has 0 unspecified atom stereocenters. The fraction of sp³-hybridized carbons (Fsp3) is 0.474. The van der Waals surface area contributed by atoms with Crippen molar-refractivity contribution in [3.05, 3.63) is 34.4 Å². The minimum Gasteiger partial charge on any atom is -0.497 e. The van der Waals surface area contributed by atoms with Crippen LogP contribution in [-0.4, -0.2) is 40.0 Å². The summed E-state index contributed by atoms with van der Waals surface area (Å²) in [5.41, 5.74) is -0.0554. The zero-order valence-electron chi connectivity index (χ0n) is 15.6. The minimum atomic E-state index is -2.84. The smallest absolute Gasteiger partial charge is 0.294 e. The number of likely N-dealkylation sites (tertiary alicyclic amines) is 1. The van der Waals surface area contributed by atoms with Gasteiger partial charge < -0.3 is 14.1 Å². The van der Waals surface area contributed by atoms with Gasteiger partial charge in [0.2, 0.25) is 5.58 Å². The molecule has 0 bridgehead atoms. The second kappa shape index (κ2) is 5.76. The van der Waals surface area contributed by atoms with Crippen molar-refractivity contribution in [2.75, 3.05) is 13.7 Å². The van der Waals surface area contributed by atoms with E-state index in [1.807, 2.05) is 20.8 Å². The highest BCUT2D eigenvalue weighted by atomic mass is 19.3. The summed E-state index contributed by atoms with van der Waals surface area (Å²) in [6, 6.07) is 4.45. The molecule has 27 heavy (non-hydrogen) atoms. The van der Waals surface area contributed by atoms with E-state index in [-0.39, 0.29) is 18.0 Å². The van der Waals surface area contributed by atoms with Gasteiger partial charge >= 0.3 is 0 Å². The molecule has 144 valence electrons. The molecule has 0 radical (unpaired) electrons. The SMILES string of the molecule is COc1ccc2oc3c(=O)[nH]c([C@H]4CC(F)(F)CN4C(C)(C)C)nc3c2c1. The number of aromatic nitrogens is 2. The number of nitrogens with zero attached hydrogens (tertiary/aromatic N) is 2. The van der Waals surface area contributed by atoms with E-state index in [2.05, 4.69) is 9.97 Å². The Morgan fingerprint density at radius 1 is 1.37 bits per heavy atom. The lowest BCUT2D eigenvalue weighted by Gasteiger charge is -2.35. The van der Waals surface area contributed by atoms with Crippen molar-refractivity contribution in [1.82, 2.24) is 14.9 Å². The van der Waals surface area contributed by atoms with Gasteiger partial charge in [0.05, 0.1) is 25.1 Å². The van der Waals surface area contributed by atoms with Crippen molar-refractivity contribution in [3.63, 3.8) is 0 Å². The predicted molar refractivity (Wildman–Crippen MR) is 97.5 cm³/mol. The Morgan fingerprint density at radius 3 is 2.78 bits per heavy atom. The van der Waals surface area contributed by atoms with Crippen LogP contribution >= 0.6 is 0 Å². The molecule has 1 aliphatic rings. The van der Waals surface area contributed by atoms with Crippen LogP contribution in [0, 0.1) is 0 Å². The Labute approximate surface area is 154 Å². The number of benzene rings is 1. The minimum absolute atomic E-state index is 0.0778. The molecule has 4 rings (SSSR count). The third-order valence-electron chi connectivity index (χ3n) is 5.00. The molecule has 1 saturated heterocycles. The van der Waals surface area contributed by atoms with Crippen molar-refractivity contribution in [2.24, 2.45) is 0 Å². The third-order valence-corrected chi connectivity index (χ3v) is 5.00. The Kier molecular flexibility index (Phi) is 3.82. The summed E-state index contributed by atoms with van der Waals surface area (Å²) in [6.45, 7) is 5.24. The van der Waals surface area contributed by atoms with Gasteiger partial charge in [0, 0.05) is 12.0 Å². The van der Waals surface area contributed by atoms with Crippen LogP contribution in [0.15, 0.2) is 27.4 Å². The predicted octanol–water partition coefficient (Wildman–Crippen LogP) is 3.86. The number of furan rings is 1. The lowest BCUT2D eigenvalue weighted by atomic mass is 10.0. The average molecular weight is 377 g/mol. The second-order valence-electron chi connectivity index (χ2n) is 7.97. The summed E-state index contributed by atoms with van der Waals surface area (Å²) in [6.07, 6.45) is -0.391. The fourth-order valence-corrected chi connectivity index (χ4v) is 3.70. The highest BCUT2D eigenvalue weighted by molar-refractivity contribution is 6.02. The molecule has 3 aromatic rings. The van der Waals surface area contributed by atoms with Gasteiger partial charge in [-0.25, -0.2) is 13.8 Å². The lowest BCUT2D eigenvalue weighted by molar-refractivity contribution is 0.00133. The standard InChI is InChI=1S/C19H21F2N3O3/c1-18(2,3)24-9-19(20,21)8-12(24)16-22-14-11-7-10(26-4)5-6-13(11)27-15(14)17(25)23-16/h5-7,12H,8-9H2,1-4H3,(H,22,23,25)/t12-/m1/s1. The highest BCUT2D eigenvalue weighted by Crippen LogP contribution is 2.43. The molecule has 1 N–H and O–H groups in total. The monoisotopic (exact) mass is 377 g/mol. The number of fused-ring (bicyclic) bond motifs is 3. The molecule has 1 aromatic carbocycles. The molecular weight excluding hydrogens is 356 g/mol. The number of nitrogens with one attached hydrogen (secondary N) is 1. The maximum absolute atomic E-state index is 14.2. The van der Waals surface area contributed by atoms with Crippen LogP contribution in [0.1, 0.15) is 39.1 Å². The van der Waals surface area contributed by atoms with Gasteiger partial charge in [-0.15, -0.1) is 0 Å². The molecule has 0 spiro atoms. The van der Waals surface area contributed by atoms with Crippen LogP contribution in [0.3, 0.4) is 0 Å². The zero-order valence-corrected chi connectivity index (χ0v) is 15.6. The Morgan fingerprint density at radius 2 is 2.11 bits per heavy atom. The number of ether oxygens (including phenoxy) is 1. The van der Waals surface area contributed by atoms with Gasteiger partial charge in [-0.05, 0) is 39.0 Å². The first-order chi connectivity index (χ1) is 12.6. The second-order valence-corrected chi connectivity index (χ2v) is 7.97. The molecule has 0 saturated carbocycles. The van der Waals surface area contributed by atoms with Crippen molar-refractivity contribution in [2.45, 2.75) is 44.7 Å². The summed E-state index contributed by atoms with van der Waals surface area (Å²) < 4.78 is 39.2. The zero-order chi connectivity index (χ0) is 19.6. The van der Waals surface area contributed by atoms with Crippen molar-refractivity contribution in [1.29, 1.82) is 0 Å². The number of hydrogen-bond acceptors (Lipinski definition) is 5. The van der Waals surface area contributed by atoms with Gasteiger partial charge in [-0.2, -0.15) is 0 Å². The first kappa shape index (κ1) is 17.9. The maximum Gasteiger partial charge on any atom is 0.294 e. The molecule has 2 aromatic heterocycles. The van der Waals surface area contributed by atoms with Gasteiger partial charge in [0.1, 0.15) is 22.7 Å². The number of methoxy groups -OCH3 is 1. The van der Waals surface area contributed by atoms with Crippen LogP contribution in [0.4, 0.5) is 8.78 Å². The average Bonchev–Trinajstić information content (AvgIpc) is 3.11. The molecule has 1 aliphatic heterocycles. The van der Waals surface area contributed by atoms with Crippen LogP contribution in [0.25, 0.3) is 22.1 Å². The number of alkyl halides is 2. The number of aromatic amines is 1. The fourth-order valence-electron chi connectivity index (χ4n) is 3.70. The van der Waals surface area contributed by atoms with E-state index in [1.165, 1.54) is 7.11 Å². The maximum atomic E-state index is 14.2. The summed E-state index contributed by atoms with van der Waals surface area (Å²) >= 11 is 0. The van der Waals surface area contributed by atoms with E-state index in [0.717, 1.165) is 0 Å². The van der Waals surface area contributed by atoms with Crippen molar-refractivity contribution >= 4 is 22.1 Å². The molecule has 0 amide bonds. The first-order valence-corrected chi connectivity index (χ1v) is 8.74. The van der Waals surface area contributed by atoms with E-state index in [1.54, 1.807) is 23.1 Å². The van der Waals surface area contributed by atoms with Crippen molar-refractivity contribution in [3.8, 4) is 5.75 Å². The number of rotatable bonds is 2. The Balaban J connectivity index is 1.91. The summed E-state index contributed by atoms with van der Waals surface area (Å²) in [5.74, 6) is -2.02. The quantitative estimate of drug-likeness (QED) is 0.734. The Hall–Kier alpha value is -2.48. The molecular formula is C19H21F2N3O3. The summed E-state index contributed by atoms with van der Waals surface area (Å²) in [4.78, 5) is 21.4. The topological polar surface area (TPSA) is 71.4 Å².